The fourth-order valence-electron chi connectivity index (χ4n) is 2.14. The van der Waals surface area contributed by atoms with E-state index in [1.807, 2.05) is 0 Å². The van der Waals surface area contributed by atoms with E-state index < -0.39 is 29.7 Å². The van der Waals surface area contributed by atoms with Crippen molar-refractivity contribution in [3.05, 3.63) is 32.6 Å². The highest BCUT2D eigenvalue weighted by atomic mass is 32.1. The molecule has 1 fully saturated rings. The smallest absolute Gasteiger partial charge is 0.330 e. The standard InChI is InChI=1S/C11H17N5O5S/c12-10(22)15-13-2-5-3-16(11(20)14-9(5)19)8-1-6(18)7(4-17)21-8/h3,6-8,13,17-18H,1-2,4H2,(H3,12,15,22)(H,14,19,20)/t6-,7+,8+/m0/s1. The van der Waals surface area contributed by atoms with E-state index >= 15 is 0 Å². The summed E-state index contributed by atoms with van der Waals surface area (Å²) in [7, 11) is 0. The molecule has 2 rings (SSSR count). The zero-order chi connectivity index (χ0) is 16.3. The van der Waals surface area contributed by atoms with Crippen molar-refractivity contribution in [2.24, 2.45) is 5.73 Å². The Hall–Kier alpha value is -1.79. The van der Waals surface area contributed by atoms with Gasteiger partial charge in [-0.05, 0) is 12.2 Å². The number of ether oxygens (including phenoxy) is 1. The second-order valence-corrected chi connectivity index (χ2v) is 5.22. The summed E-state index contributed by atoms with van der Waals surface area (Å²) in [5.41, 5.74) is 9.35. The summed E-state index contributed by atoms with van der Waals surface area (Å²) in [5.74, 6) is 0. The number of nitrogens with two attached hydrogens (primary N) is 1. The molecule has 1 aromatic heterocycles. The van der Waals surface area contributed by atoms with E-state index in [9.17, 15) is 14.7 Å². The van der Waals surface area contributed by atoms with Crippen LogP contribution in [-0.4, -0.2) is 43.7 Å². The largest absolute Gasteiger partial charge is 0.394 e. The first kappa shape index (κ1) is 16.6. The van der Waals surface area contributed by atoms with E-state index in [2.05, 4.69) is 28.1 Å². The molecule has 0 aliphatic carbocycles. The summed E-state index contributed by atoms with van der Waals surface area (Å²) >= 11 is 4.61. The number of nitrogens with one attached hydrogen (secondary N) is 3. The molecule has 11 heteroatoms. The Labute approximate surface area is 129 Å². The lowest BCUT2D eigenvalue weighted by Crippen LogP contribution is -2.42. The maximum atomic E-state index is 11.9. The fourth-order valence-corrected chi connectivity index (χ4v) is 2.22. The topological polar surface area (TPSA) is 155 Å². The molecular formula is C11H17N5O5S. The molecule has 1 aliphatic rings. The van der Waals surface area contributed by atoms with Crippen LogP contribution in [0.3, 0.4) is 0 Å². The molecule has 3 atom stereocenters. The molecule has 0 radical (unpaired) electrons. The Balaban J connectivity index is 2.20. The minimum Gasteiger partial charge on any atom is -0.394 e. The summed E-state index contributed by atoms with van der Waals surface area (Å²) in [6.45, 7) is -0.298. The first-order valence-electron chi connectivity index (χ1n) is 6.49. The maximum Gasteiger partial charge on any atom is 0.330 e. The van der Waals surface area contributed by atoms with Crippen LogP contribution < -0.4 is 27.8 Å². The van der Waals surface area contributed by atoms with Crippen molar-refractivity contribution in [1.29, 1.82) is 0 Å². The molecule has 0 amide bonds. The van der Waals surface area contributed by atoms with Crippen LogP contribution in [-0.2, 0) is 11.3 Å². The van der Waals surface area contributed by atoms with Gasteiger partial charge in [-0.15, -0.1) is 0 Å². The van der Waals surface area contributed by atoms with E-state index in [1.165, 1.54) is 6.20 Å². The number of nitrogens with zero attached hydrogens (tertiary/aromatic N) is 1. The number of hydrazine groups is 1. The van der Waals surface area contributed by atoms with Gasteiger partial charge < -0.3 is 20.7 Å². The third-order valence-electron chi connectivity index (χ3n) is 3.23. The zero-order valence-electron chi connectivity index (χ0n) is 11.5. The van der Waals surface area contributed by atoms with Crippen molar-refractivity contribution >= 4 is 17.3 Å². The van der Waals surface area contributed by atoms with Crippen molar-refractivity contribution in [2.75, 3.05) is 6.61 Å². The molecule has 0 spiro atoms. The summed E-state index contributed by atoms with van der Waals surface area (Å²) in [6, 6.07) is 0. The molecular weight excluding hydrogens is 314 g/mol. The Morgan fingerprint density at radius 3 is 2.91 bits per heavy atom. The van der Waals surface area contributed by atoms with Crippen LogP contribution in [0.25, 0.3) is 0 Å². The fraction of sp³-hybridized carbons (Fsp3) is 0.545. The molecule has 1 aromatic rings. The average molecular weight is 331 g/mol. The molecule has 122 valence electrons. The number of aromatic amines is 1. The van der Waals surface area contributed by atoms with Gasteiger partial charge in [0, 0.05) is 24.7 Å². The number of hydrogen-bond donors (Lipinski definition) is 6. The van der Waals surface area contributed by atoms with Crippen molar-refractivity contribution in [2.45, 2.75) is 31.4 Å². The van der Waals surface area contributed by atoms with Crippen molar-refractivity contribution in [1.82, 2.24) is 20.4 Å². The average Bonchev–Trinajstić information content (AvgIpc) is 2.81. The lowest BCUT2D eigenvalue weighted by atomic mass is 10.2. The van der Waals surface area contributed by atoms with Crippen LogP contribution in [0, 0.1) is 0 Å². The van der Waals surface area contributed by atoms with Gasteiger partial charge in [-0.2, -0.15) is 0 Å². The number of rotatable bonds is 5. The Morgan fingerprint density at radius 2 is 2.32 bits per heavy atom. The summed E-state index contributed by atoms with van der Waals surface area (Å²) < 4.78 is 6.56. The summed E-state index contributed by atoms with van der Waals surface area (Å²) in [5, 5.41) is 18.8. The minimum atomic E-state index is -0.883. The molecule has 10 nitrogen and oxygen atoms in total. The predicted octanol–water partition coefficient (Wildman–Crippen LogP) is -2.98. The van der Waals surface area contributed by atoms with Gasteiger partial charge in [-0.25, -0.2) is 10.2 Å². The molecule has 7 N–H and O–H groups in total. The van der Waals surface area contributed by atoms with Crippen LogP contribution >= 0.6 is 12.2 Å². The first-order valence-corrected chi connectivity index (χ1v) is 6.90. The summed E-state index contributed by atoms with van der Waals surface area (Å²) in [6.07, 6.45) is -0.950. The lowest BCUT2D eigenvalue weighted by molar-refractivity contribution is -0.0460. The van der Waals surface area contributed by atoms with Gasteiger partial charge in [0.15, 0.2) is 5.11 Å². The Bertz CT molecular complexity index is 659. The highest BCUT2D eigenvalue weighted by Gasteiger charge is 2.35. The summed E-state index contributed by atoms with van der Waals surface area (Å²) in [4.78, 5) is 25.8. The van der Waals surface area contributed by atoms with Crippen molar-refractivity contribution in [3.63, 3.8) is 0 Å². The number of hydrogen-bond acceptors (Lipinski definition) is 7. The van der Waals surface area contributed by atoms with Gasteiger partial charge in [-0.1, -0.05) is 0 Å². The highest BCUT2D eigenvalue weighted by Crippen LogP contribution is 2.27. The number of aliphatic hydroxyl groups excluding tert-OH is 2. The Kier molecular flexibility index (Phi) is 5.26. The van der Waals surface area contributed by atoms with E-state index in [-0.39, 0.29) is 30.2 Å². The van der Waals surface area contributed by atoms with E-state index in [0.29, 0.717) is 0 Å². The minimum absolute atomic E-state index is 0.0118. The quantitative estimate of drug-likeness (QED) is 0.245. The number of aromatic nitrogens is 2. The van der Waals surface area contributed by atoms with Gasteiger partial charge in [-0.3, -0.25) is 19.8 Å². The molecule has 0 aromatic carbocycles. The number of thiocarbonyl (C=S) groups is 1. The molecule has 0 unspecified atom stereocenters. The molecule has 1 saturated heterocycles. The normalized spacial score (nSPS) is 24.4. The lowest BCUT2D eigenvalue weighted by Gasteiger charge is -2.15. The van der Waals surface area contributed by atoms with Crippen LogP contribution in [0.4, 0.5) is 0 Å². The molecule has 1 aliphatic heterocycles. The molecule has 0 saturated carbocycles. The van der Waals surface area contributed by atoms with Gasteiger partial charge in [0.2, 0.25) is 0 Å². The number of H-pyrrole nitrogens is 1. The SMILES string of the molecule is NC(=S)NNCc1cn([C@H]2C[C@H](O)[C@@H](CO)O2)c(=O)[nH]c1=O. The van der Waals surface area contributed by atoms with Gasteiger partial charge in [0.05, 0.1) is 12.7 Å². The second kappa shape index (κ2) is 6.98. The van der Waals surface area contributed by atoms with Crippen LogP contribution in [0.1, 0.15) is 18.2 Å². The van der Waals surface area contributed by atoms with Crippen LogP contribution in [0.15, 0.2) is 15.8 Å². The third-order valence-corrected chi connectivity index (χ3v) is 3.33. The van der Waals surface area contributed by atoms with Gasteiger partial charge in [0.1, 0.15) is 12.3 Å². The van der Waals surface area contributed by atoms with Crippen LogP contribution in [0.5, 0.6) is 0 Å². The Morgan fingerprint density at radius 1 is 1.59 bits per heavy atom. The van der Waals surface area contributed by atoms with Gasteiger partial charge >= 0.3 is 5.69 Å². The van der Waals surface area contributed by atoms with E-state index in [1.54, 1.807) is 0 Å². The third kappa shape index (κ3) is 3.69. The molecule has 0 bridgehead atoms. The van der Waals surface area contributed by atoms with E-state index in [4.69, 9.17) is 15.6 Å². The monoisotopic (exact) mass is 331 g/mol. The second-order valence-electron chi connectivity index (χ2n) is 4.78. The van der Waals surface area contributed by atoms with E-state index in [0.717, 1.165) is 4.57 Å². The predicted molar refractivity (Wildman–Crippen MR) is 79.7 cm³/mol. The van der Waals surface area contributed by atoms with Crippen molar-refractivity contribution in [3.8, 4) is 0 Å². The van der Waals surface area contributed by atoms with Gasteiger partial charge in [0.25, 0.3) is 5.56 Å². The zero-order valence-corrected chi connectivity index (χ0v) is 12.3. The first-order chi connectivity index (χ1) is 10.4. The highest BCUT2D eigenvalue weighted by molar-refractivity contribution is 7.80. The van der Waals surface area contributed by atoms with Crippen LogP contribution in [0.2, 0.25) is 0 Å². The van der Waals surface area contributed by atoms with Crippen molar-refractivity contribution < 1.29 is 14.9 Å². The number of aliphatic hydroxyl groups is 2. The molecule has 22 heavy (non-hydrogen) atoms. The maximum absolute atomic E-state index is 11.9. The molecule has 2 heterocycles.